The number of rotatable bonds is 7. The Balaban J connectivity index is 1.88. The fourth-order valence-electron chi connectivity index (χ4n) is 4.26. The first kappa shape index (κ1) is 23.3. The maximum absolute atomic E-state index is 13.1. The van der Waals surface area contributed by atoms with Crippen LogP contribution in [0.5, 0.6) is 0 Å². The van der Waals surface area contributed by atoms with Crippen molar-refractivity contribution in [2.24, 2.45) is 17.1 Å². The van der Waals surface area contributed by atoms with Gasteiger partial charge in [-0.2, -0.15) is 0 Å². The maximum Gasteiger partial charge on any atom is 0.494 e. The van der Waals surface area contributed by atoms with E-state index in [1.807, 2.05) is 65.8 Å². The summed E-state index contributed by atoms with van der Waals surface area (Å²) in [5.74, 6) is 0.242. The Morgan fingerprint density at radius 1 is 1.13 bits per heavy atom. The van der Waals surface area contributed by atoms with Crippen molar-refractivity contribution in [2.75, 3.05) is 0 Å². The summed E-state index contributed by atoms with van der Waals surface area (Å²) in [6.07, 6.45) is 2.73. The van der Waals surface area contributed by atoms with E-state index in [2.05, 4.69) is 13.8 Å². The molecule has 0 spiro atoms. The van der Waals surface area contributed by atoms with Crippen LogP contribution in [0.1, 0.15) is 80.2 Å². The Labute approximate surface area is 182 Å². The Bertz CT molecular complexity index is 767. The lowest BCUT2D eigenvalue weighted by atomic mass is 9.71. The van der Waals surface area contributed by atoms with Crippen LogP contribution < -0.4 is 11.2 Å². The molecule has 0 amide bonds. The highest BCUT2D eigenvalue weighted by Crippen LogP contribution is 2.50. The predicted molar refractivity (Wildman–Crippen MR) is 120 cm³/mol. The fraction of sp³-hybridized carbons (Fsp3) is 0.708. The van der Waals surface area contributed by atoms with Crippen molar-refractivity contribution in [2.45, 2.75) is 97.5 Å². The van der Waals surface area contributed by atoms with Crippen LogP contribution in [0.15, 0.2) is 24.3 Å². The highest BCUT2D eigenvalue weighted by atomic mass is 16.7. The van der Waals surface area contributed by atoms with Crippen LogP contribution >= 0.6 is 0 Å². The van der Waals surface area contributed by atoms with Crippen molar-refractivity contribution in [3.05, 3.63) is 29.8 Å². The number of carbonyl (C=O) groups excluding carboxylic acids is 1. The lowest BCUT2D eigenvalue weighted by molar-refractivity contribution is -0.156. The smallest absolute Gasteiger partial charge is 0.461 e. The van der Waals surface area contributed by atoms with E-state index in [-0.39, 0.29) is 17.5 Å². The molecule has 0 radical (unpaired) electrons. The van der Waals surface area contributed by atoms with Crippen molar-refractivity contribution >= 4 is 18.6 Å². The molecule has 166 valence electrons. The number of hydrogen-bond acceptors (Lipinski definition) is 5. The Hall–Kier alpha value is -1.37. The van der Waals surface area contributed by atoms with E-state index in [4.69, 9.17) is 19.8 Å². The minimum Gasteiger partial charge on any atom is -0.461 e. The molecule has 0 bridgehead atoms. The third-order valence-corrected chi connectivity index (χ3v) is 7.08. The quantitative estimate of drug-likeness (QED) is 0.540. The van der Waals surface area contributed by atoms with E-state index in [1.54, 1.807) is 0 Å². The van der Waals surface area contributed by atoms with Gasteiger partial charge in [-0.15, -0.1) is 0 Å². The number of hydrogen-bond donors (Lipinski definition) is 1. The van der Waals surface area contributed by atoms with Crippen molar-refractivity contribution in [1.82, 2.24) is 0 Å². The molecule has 2 aliphatic rings. The zero-order valence-corrected chi connectivity index (χ0v) is 19.9. The summed E-state index contributed by atoms with van der Waals surface area (Å²) in [7, 11) is -0.443. The van der Waals surface area contributed by atoms with Gasteiger partial charge in [-0.25, -0.2) is 4.79 Å². The topological polar surface area (TPSA) is 70.8 Å². The molecule has 6 heteroatoms. The molecule has 1 heterocycles. The van der Waals surface area contributed by atoms with E-state index in [0.29, 0.717) is 12.3 Å². The summed E-state index contributed by atoms with van der Waals surface area (Å²) >= 11 is 0. The molecule has 1 aromatic carbocycles. The summed E-state index contributed by atoms with van der Waals surface area (Å²) < 4.78 is 17.9. The summed E-state index contributed by atoms with van der Waals surface area (Å²) in [6.45, 7) is 16.3. The van der Waals surface area contributed by atoms with Gasteiger partial charge in [0.15, 0.2) is 0 Å². The molecule has 2 N–H and O–H groups in total. The molecule has 1 saturated carbocycles. The molecule has 5 nitrogen and oxygen atoms in total. The van der Waals surface area contributed by atoms with Gasteiger partial charge in [0.05, 0.1) is 17.3 Å². The van der Waals surface area contributed by atoms with Crippen molar-refractivity contribution in [3.63, 3.8) is 0 Å². The molecule has 3 rings (SSSR count). The van der Waals surface area contributed by atoms with Gasteiger partial charge in [0.2, 0.25) is 0 Å². The van der Waals surface area contributed by atoms with E-state index < -0.39 is 23.9 Å². The largest absolute Gasteiger partial charge is 0.494 e. The zero-order valence-electron chi connectivity index (χ0n) is 19.9. The number of esters is 1. The van der Waals surface area contributed by atoms with Gasteiger partial charge >= 0.3 is 13.1 Å². The van der Waals surface area contributed by atoms with Crippen LogP contribution in [-0.4, -0.2) is 30.4 Å². The minimum atomic E-state index is -1.19. The third kappa shape index (κ3) is 4.46. The predicted octanol–water partition coefficient (Wildman–Crippen LogP) is 3.92. The van der Waals surface area contributed by atoms with Gasteiger partial charge in [0.25, 0.3) is 0 Å². The van der Waals surface area contributed by atoms with Crippen molar-refractivity contribution in [3.8, 4) is 0 Å². The molecule has 1 aliphatic heterocycles. The van der Waals surface area contributed by atoms with Gasteiger partial charge in [-0.1, -0.05) is 38.1 Å². The Morgan fingerprint density at radius 3 is 2.07 bits per heavy atom. The summed E-state index contributed by atoms with van der Waals surface area (Å²) in [6, 6.07) is 7.74. The standard InChI is InChI=1S/C24H38BNO4/c1-16(2)28-20(27)24(26,15-21(3,4)17-9-10-17)18-11-13-19(14-12-18)25-29-22(5,6)23(7,8)30-25/h11-14,16-17H,9-10,15,26H2,1-8H3/t24-/m1/s1. The van der Waals surface area contributed by atoms with Gasteiger partial charge < -0.3 is 19.8 Å². The molecule has 0 aromatic heterocycles. The van der Waals surface area contributed by atoms with Gasteiger partial charge in [-0.3, -0.25) is 0 Å². The molecule has 2 fully saturated rings. The average molecular weight is 415 g/mol. The SMILES string of the molecule is CC(C)OC(=O)[C@@](N)(CC(C)(C)C1CC1)c1ccc(B2OC(C)(C)C(C)(C)O2)cc1. The maximum atomic E-state index is 13.1. The molecule has 1 atom stereocenters. The molecule has 1 saturated heterocycles. The first-order valence-corrected chi connectivity index (χ1v) is 11.1. The first-order valence-electron chi connectivity index (χ1n) is 11.1. The summed E-state index contributed by atoms with van der Waals surface area (Å²) in [5, 5.41) is 0. The molecular weight excluding hydrogens is 377 g/mol. The second-order valence-electron chi connectivity index (χ2n) is 11.1. The van der Waals surface area contributed by atoms with Crippen LogP contribution in [0, 0.1) is 11.3 Å². The van der Waals surface area contributed by atoms with Gasteiger partial charge in [0.1, 0.15) is 5.54 Å². The van der Waals surface area contributed by atoms with Crippen LogP contribution in [0.2, 0.25) is 0 Å². The third-order valence-electron chi connectivity index (χ3n) is 7.08. The van der Waals surface area contributed by atoms with Crippen LogP contribution in [0.4, 0.5) is 0 Å². The van der Waals surface area contributed by atoms with Crippen LogP contribution in [0.25, 0.3) is 0 Å². The van der Waals surface area contributed by atoms with E-state index >= 15 is 0 Å². The summed E-state index contributed by atoms with van der Waals surface area (Å²) in [5.41, 5.74) is 6.48. The number of nitrogens with two attached hydrogens (primary N) is 1. The molecule has 30 heavy (non-hydrogen) atoms. The summed E-state index contributed by atoms with van der Waals surface area (Å²) in [4.78, 5) is 13.1. The molecular formula is C24H38BNO4. The van der Waals surface area contributed by atoms with E-state index in [0.717, 1.165) is 11.0 Å². The van der Waals surface area contributed by atoms with Crippen molar-refractivity contribution < 1.29 is 18.8 Å². The van der Waals surface area contributed by atoms with Crippen molar-refractivity contribution in [1.29, 1.82) is 0 Å². The zero-order chi connectivity index (χ0) is 22.5. The lowest BCUT2D eigenvalue weighted by Crippen LogP contribution is -2.50. The molecule has 1 aromatic rings. The highest BCUT2D eigenvalue weighted by Gasteiger charge is 2.52. The van der Waals surface area contributed by atoms with Gasteiger partial charge in [-0.05, 0) is 83.2 Å². The second kappa shape index (κ2) is 7.65. The van der Waals surface area contributed by atoms with Crippen LogP contribution in [0.3, 0.4) is 0 Å². The minimum absolute atomic E-state index is 0.0326. The van der Waals surface area contributed by atoms with Gasteiger partial charge in [0, 0.05) is 0 Å². The highest BCUT2D eigenvalue weighted by molar-refractivity contribution is 6.62. The number of ether oxygens (including phenoxy) is 1. The molecule has 0 unspecified atom stereocenters. The fourth-order valence-corrected chi connectivity index (χ4v) is 4.26. The number of carbonyl (C=O) groups is 1. The number of benzene rings is 1. The second-order valence-corrected chi connectivity index (χ2v) is 11.1. The average Bonchev–Trinajstić information content (AvgIpc) is 3.42. The Morgan fingerprint density at radius 2 is 1.63 bits per heavy atom. The first-order chi connectivity index (χ1) is 13.7. The molecule has 1 aliphatic carbocycles. The normalized spacial score (nSPS) is 22.8. The van der Waals surface area contributed by atoms with Crippen LogP contribution in [-0.2, 0) is 24.4 Å². The van der Waals surface area contributed by atoms with E-state index in [1.165, 1.54) is 12.8 Å². The van der Waals surface area contributed by atoms with E-state index in [9.17, 15) is 4.79 Å². The monoisotopic (exact) mass is 415 g/mol. The Kier molecular flexibility index (Phi) is 5.94. The lowest BCUT2D eigenvalue weighted by Gasteiger charge is -2.36.